The van der Waals surface area contributed by atoms with Crippen molar-refractivity contribution < 1.29 is 39.2 Å². The van der Waals surface area contributed by atoms with Crippen molar-refractivity contribution in [1.82, 2.24) is 15.2 Å². The van der Waals surface area contributed by atoms with Crippen LogP contribution in [0.5, 0.6) is 0 Å². The number of nitrogens with zero attached hydrogens (tertiary/aromatic N) is 2. The van der Waals surface area contributed by atoms with E-state index >= 15 is 0 Å². The van der Waals surface area contributed by atoms with Crippen molar-refractivity contribution >= 4 is 40.2 Å². The SMILES string of the molecule is COC(=O)c1ccc(C(=O)Nc2nc(C(=O)NCCN(C)C)cs2)cc1.O=C(O)/C=C/COO. The zero-order valence-corrected chi connectivity index (χ0v) is 19.6. The van der Waals surface area contributed by atoms with E-state index in [1.165, 1.54) is 37.5 Å². The first kappa shape index (κ1) is 28.4. The standard InChI is InChI=1S/C17H20N4O4S.C4H6O4/c1-21(2)9-8-18-15(23)13-10-26-17(19-13)20-14(22)11-4-6-12(7-5-11)16(24)25-3;5-4(6)2-1-3-8-7/h4-7,10H,8-9H2,1-3H3,(H,18,23)(H,19,20,22);1-2,7H,3H2,(H,5,6)/b;2-1+. The Balaban J connectivity index is 0.000000620. The van der Waals surface area contributed by atoms with Gasteiger partial charge in [0.1, 0.15) is 12.3 Å². The molecule has 1 aromatic carbocycles. The van der Waals surface area contributed by atoms with Crippen LogP contribution >= 0.6 is 11.3 Å². The number of ether oxygens (including phenoxy) is 1. The minimum Gasteiger partial charge on any atom is -0.478 e. The normalized spacial score (nSPS) is 10.4. The lowest BCUT2D eigenvalue weighted by Crippen LogP contribution is -2.31. The Hall–Kier alpha value is -3.65. The molecule has 0 saturated carbocycles. The zero-order chi connectivity index (χ0) is 25.5. The molecule has 0 unspecified atom stereocenters. The van der Waals surface area contributed by atoms with Crippen LogP contribution in [0.2, 0.25) is 0 Å². The third-order valence-corrected chi connectivity index (χ3v) is 4.56. The summed E-state index contributed by atoms with van der Waals surface area (Å²) >= 11 is 1.16. The highest BCUT2D eigenvalue weighted by Gasteiger charge is 2.14. The lowest BCUT2D eigenvalue weighted by molar-refractivity contribution is -0.231. The molecule has 2 rings (SSSR count). The van der Waals surface area contributed by atoms with Crippen LogP contribution in [0.25, 0.3) is 0 Å². The van der Waals surface area contributed by atoms with Gasteiger partial charge in [-0.1, -0.05) is 0 Å². The fraction of sp³-hybridized carbons (Fsp3) is 0.286. The average molecular weight is 495 g/mol. The molecule has 1 aromatic heterocycles. The number of carbonyl (C=O) groups is 4. The van der Waals surface area contributed by atoms with E-state index in [2.05, 4.69) is 25.2 Å². The lowest BCUT2D eigenvalue weighted by Gasteiger charge is -2.09. The Bertz CT molecular complexity index is 989. The number of aromatic nitrogens is 1. The number of carboxylic acid groups (broad SMARTS) is 1. The number of carboxylic acids is 1. The van der Waals surface area contributed by atoms with Gasteiger partial charge in [0.15, 0.2) is 5.13 Å². The van der Waals surface area contributed by atoms with Crippen molar-refractivity contribution in [3.05, 3.63) is 58.6 Å². The molecule has 13 heteroatoms. The largest absolute Gasteiger partial charge is 0.478 e. The van der Waals surface area contributed by atoms with Crippen LogP contribution in [0.4, 0.5) is 5.13 Å². The van der Waals surface area contributed by atoms with Crippen LogP contribution in [-0.2, 0) is 14.4 Å². The Kier molecular flexibility index (Phi) is 12.7. The molecule has 0 atom stereocenters. The highest BCUT2D eigenvalue weighted by atomic mass is 32.1. The second-order valence-electron chi connectivity index (χ2n) is 6.66. The molecule has 34 heavy (non-hydrogen) atoms. The number of benzene rings is 1. The van der Waals surface area contributed by atoms with Crippen LogP contribution in [0.1, 0.15) is 31.2 Å². The molecule has 4 N–H and O–H groups in total. The molecule has 0 aliphatic rings. The summed E-state index contributed by atoms with van der Waals surface area (Å²) in [7, 11) is 5.13. The number of methoxy groups -OCH3 is 1. The molecule has 2 aromatic rings. The molecular weight excluding hydrogens is 468 g/mol. The van der Waals surface area contributed by atoms with Gasteiger partial charge in [-0.25, -0.2) is 19.5 Å². The van der Waals surface area contributed by atoms with Gasteiger partial charge in [0.25, 0.3) is 11.8 Å². The molecule has 2 amide bonds. The van der Waals surface area contributed by atoms with Gasteiger partial charge in [-0.2, -0.15) is 0 Å². The molecule has 1 heterocycles. The van der Waals surface area contributed by atoms with Crippen molar-refractivity contribution in [3.8, 4) is 0 Å². The van der Waals surface area contributed by atoms with E-state index in [4.69, 9.17) is 10.4 Å². The van der Waals surface area contributed by atoms with E-state index in [1.807, 2.05) is 19.0 Å². The average Bonchev–Trinajstić information content (AvgIpc) is 3.27. The van der Waals surface area contributed by atoms with Gasteiger partial charge in [0.05, 0.1) is 12.7 Å². The fourth-order valence-electron chi connectivity index (χ4n) is 2.16. The molecule has 0 radical (unpaired) electrons. The first-order chi connectivity index (χ1) is 16.2. The minimum absolute atomic E-state index is 0.0910. The van der Waals surface area contributed by atoms with Crippen molar-refractivity contribution in [3.63, 3.8) is 0 Å². The summed E-state index contributed by atoms with van der Waals surface area (Å²) in [5.41, 5.74) is 0.977. The minimum atomic E-state index is -1.05. The topological polar surface area (TPSA) is 167 Å². The quantitative estimate of drug-likeness (QED) is 0.165. The Morgan fingerprint density at radius 1 is 1.12 bits per heavy atom. The van der Waals surface area contributed by atoms with Gasteiger partial charge in [-0.3, -0.25) is 20.2 Å². The number of anilines is 1. The van der Waals surface area contributed by atoms with Crippen LogP contribution in [0.15, 0.2) is 41.8 Å². The first-order valence-corrected chi connectivity index (χ1v) is 10.6. The first-order valence-electron chi connectivity index (χ1n) is 9.72. The maximum absolute atomic E-state index is 12.2. The zero-order valence-electron chi connectivity index (χ0n) is 18.8. The van der Waals surface area contributed by atoms with Gasteiger partial charge in [-0.15, -0.1) is 11.3 Å². The van der Waals surface area contributed by atoms with Gasteiger partial charge < -0.3 is 20.1 Å². The van der Waals surface area contributed by atoms with Crippen molar-refractivity contribution in [1.29, 1.82) is 0 Å². The number of hydrogen-bond acceptors (Lipinski definition) is 10. The molecule has 0 bridgehead atoms. The number of thiazole rings is 1. The van der Waals surface area contributed by atoms with E-state index in [0.717, 1.165) is 24.0 Å². The van der Waals surface area contributed by atoms with E-state index in [0.29, 0.717) is 22.8 Å². The lowest BCUT2D eigenvalue weighted by atomic mass is 10.1. The number of esters is 1. The Labute approximate surface area is 199 Å². The van der Waals surface area contributed by atoms with Crippen LogP contribution in [0, 0.1) is 0 Å². The van der Waals surface area contributed by atoms with Crippen molar-refractivity contribution in [2.24, 2.45) is 0 Å². The number of aliphatic carboxylic acids is 1. The highest BCUT2D eigenvalue weighted by Crippen LogP contribution is 2.17. The summed E-state index contributed by atoms with van der Waals surface area (Å²) in [6.07, 6.45) is 2.07. The molecule has 0 aliphatic heterocycles. The predicted molar refractivity (Wildman–Crippen MR) is 124 cm³/mol. The predicted octanol–water partition coefficient (Wildman–Crippen LogP) is 1.59. The summed E-state index contributed by atoms with van der Waals surface area (Å²) in [4.78, 5) is 54.9. The second kappa shape index (κ2) is 15.2. The fourth-order valence-corrected chi connectivity index (χ4v) is 2.84. The van der Waals surface area contributed by atoms with E-state index in [1.54, 1.807) is 5.38 Å². The second-order valence-corrected chi connectivity index (χ2v) is 7.51. The Morgan fingerprint density at radius 2 is 1.76 bits per heavy atom. The monoisotopic (exact) mass is 494 g/mol. The van der Waals surface area contributed by atoms with Gasteiger partial charge >= 0.3 is 11.9 Å². The number of likely N-dealkylation sites (N-methyl/N-ethyl adjacent to an activating group) is 1. The van der Waals surface area contributed by atoms with E-state index in [-0.39, 0.29) is 24.1 Å². The third kappa shape index (κ3) is 10.8. The van der Waals surface area contributed by atoms with Crippen LogP contribution < -0.4 is 10.6 Å². The summed E-state index contributed by atoms with van der Waals surface area (Å²) in [5, 5.41) is 22.9. The van der Waals surface area contributed by atoms with Gasteiger partial charge in [0.2, 0.25) is 0 Å². The summed E-state index contributed by atoms with van der Waals surface area (Å²) < 4.78 is 4.61. The molecular formula is C21H26N4O8S. The number of hydrogen-bond donors (Lipinski definition) is 4. The molecule has 0 aliphatic carbocycles. The van der Waals surface area contributed by atoms with E-state index < -0.39 is 11.9 Å². The molecule has 0 spiro atoms. The number of carbonyl (C=O) groups excluding carboxylic acids is 3. The summed E-state index contributed by atoms with van der Waals surface area (Å²) in [5.74, 6) is -2.19. The maximum Gasteiger partial charge on any atom is 0.337 e. The number of rotatable bonds is 10. The molecule has 0 fully saturated rings. The van der Waals surface area contributed by atoms with Crippen molar-refractivity contribution in [2.45, 2.75) is 0 Å². The molecule has 12 nitrogen and oxygen atoms in total. The molecule has 184 valence electrons. The van der Waals surface area contributed by atoms with E-state index in [9.17, 15) is 19.2 Å². The maximum atomic E-state index is 12.2. The van der Waals surface area contributed by atoms with Crippen LogP contribution in [-0.4, -0.2) is 84.9 Å². The van der Waals surface area contributed by atoms with Crippen molar-refractivity contribution in [2.75, 3.05) is 46.2 Å². The molecule has 0 saturated heterocycles. The number of amides is 2. The van der Waals surface area contributed by atoms with Gasteiger partial charge in [0, 0.05) is 30.1 Å². The summed E-state index contributed by atoms with van der Waals surface area (Å²) in [6.45, 7) is 1.14. The van der Waals surface area contributed by atoms with Crippen LogP contribution in [0.3, 0.4) is 0 Å². The summed E-state index contributed by atoms with van der Waals surface area (Å²) in [6, 6.07) is 6.05. The number of nitrogens with one attached hydrogen (secondary N) is 2. The van der Waals surface area contributed by atoms with Gasteiger partial charge in [-0.05, 0) is 44.4 Å². The smallest absolute Gasteiger partial charge is 0.337 e. The third-order valence-electron chi connectivity index (χ3n) is 3.80. The highest BCUT2D eigenvalue weighted by molar-refractivity contribution is 7.14. The Morgan fingerprint density at radius 3 is 2.32 bits per heavy atom.